The maximum absolute atomic E-state index is 12.5. The van der Waals surface area contributed by atoms with E-state index in [4.69, 9.17) is 26.8 Å². The van der Waals surface area contributed by atoms with Gasteiger partial charge in [0.05, 0.1) is 12.0 Å². The summed E-state index contributed by atoms with van der Waals surface area (Å²) in [5.41, 5.74) is 3.09. The maximum atomic E-state index is 12.5. The number of allylic oxidation sites excluding steroid dienone is 5. The zero-order valence-corrected chi connectivity index (χ0v) is 18.2. The second-order valence-electron chi connectivity index (χ2n) is 6.68. The molecule has 1 aromatic carbocycles. The highest BCUT2D eigenvalue weighted by molar-refractivity contribution is 8.26. The first-order valence-electron chi connectivity index (χ1n) is 9.18. The Morgan fingerprint density at radius 2 is 2.00 bits per heavy atom. The van der Waals surface area contributed by atoms with Gasteiger partial charge in [0.2, 0.25) is 0 Å². The highest BCUT2D eigenvalue weighted by Gasteiger charge is 2.33. The fourth-order valence-electron chi connectivity index (χ4n) is 2.84. The fourth-order valence-corrected chi connectivity index (χ4v) is 4.11. The quantitative estimate of drug-likeness (QED) is 0.503. The van der Waals surface area contributed by atoms with E-state index in [1.165, 1.54) is 5.56 Å². The molecule has 0 radical (unpaired) electrons. The summed E-state index contributed by atoms with van der Waals surface area (Å²) in [5, 5.41) is 8.95. The van der Waals surface area contributed by atoms with E-state index < -0.39 is 18.4 Å². The van der Waals surface area contributed by atoms with Crippen LogP contribution in [0.1, 0.15) is 17.5 Å². The number of aryl methyl sites for hydroxylation is 1. The molecule has 1 amide bonds. The van der Waals surface area contributed by atoms with Crippen LogP contribution in [0.5, 0.6) is 0 Å². The summed E-state index contributed by atoms with van der Waals surface area (Å²) >= 11 is 6.23. The lowest BCUT2D eigenvalue weighted by atomic mass is 10.1. The molecule has 0 unspecified atom stereocenters. The number of hydrogen-bond donors (Lipinski definition) is 1. The number of methoxy groups -OCH3 is 1. The van der Waals surface area contributed by atoms with Crippen molar-refractivity contribution in [2.24, 2.45) is 0 Å². The molecule has 2 aliphatic rings. The SMILES string of the molecule is COC1=CCC(/C=C2\SC(=S)N(CC(=O)O)C2=O)=CC=C1OCc1ccc(C)cc1. The number of thiocarbonyl (C=S) groups is 1. The third kappa shape index (κ3) is 5.40. The van der Waals surface area contributed by atoms with Gasteiger partial charge in [0.15, 0.2) is 11.5 Å². The fraction of sp³-hybridized carbons (Fsp3) is 0.227. The number of rotatable bonds is 7. The molecule has 156 valence electrons. The van der Waals surface area contributed by atoms with Gasteiger partial charge in [0.25, 0.3) is 5.91 Å². The van der Waals surface area contributed by atoms with Gasteiger partial charge in [-0.1, -0.05) is 59.9 Å². The Kier molecular flexibility index (Phi) is 7.12. The number of hydrogen-bond acceptors (Lipinski definition) is 6. The smallest absolute Gasteiger partial charge is 0.323 e. The molecule has 8 heteroatoms. The van der Waals surface area contributed by atoms with Crippen molar-refractivity contribution >= 4 is 40.2 Å². The van der Waals surface area contributed by atoms with Gasteiger partial charge in [-0.3, -0.25) is 14.5 Å². The number of carbonyl (C=O) groups is 2. The first-order valence-corrected chi connectivity index (χ1v) is 10.4. The van der Waals surface area contributed by atoms with Crippen LogP contribution in [0.3, 0.4) is 0 Å². The highest BCUT2D eigenvalue weighted by Crippen LogP contribution is 2.33. The molecule has 1 saturated heterocycles. The summed E-state index contributed by atoms with van der Waals surface area (Å²) in [6.07, 6.45) is 7.80. The molecule has 1 aliphatic carbocycles. The van der Waals surface area contributed by atoms with Crippen molar-refractivity contribution in [2.45, 2.75) is 20.0 Å². The second kappa shape index (κ2) is 9.77. The minimum Gasteiger partial charge on any atom is -0.493 e. The minimum absolute atomic E-state index is 0.244. The van der Waals surface area contributed by atoms with E-state index in [2.05, 4.69) is 0 Å². The number of thioether (sulfide) groups is 1. The Balaban J connectivity index is 1.75. The lowest BCUT2D eigenvalue weighted by molar-refractivity contribution is -0.140. The highest BCUT2D eigenvalue weighted by atomic mass is 32.2. The van der Waals surface area contributed by atoms with Crippen LogP contribution >= 0.6 is 24.0 Å². The summed E-state index contributed by atoms with van der Waals surface area (Å²) in [6, 6.07) is 8.10. The molecule has 6 nitrogen and oxygen atoms in total. The van der Waals surface area contributed by atoms with E-state index in [0.29, 0.717) is 29.5 Å². The Morgan fingerprint density at radius 1 is 1.27 bits per heavy atom. The number of nitrogens with zero attached hydrogens (tertiary/aromatic N) is 1. The number of ether oxygens (including phenoxy) is 2. The molecule has 1 aromatic rings. The molecule has 1 aliphatic heterocycles. The lowest BCUT2D eigenvalue weighted by Gasteiger charge is -2.12. The van der Waals surface area contributed by atoms with E-state index in [1.807, 2.05) is 43.3 Å². The zero-order valence-electron chi connectivity index (χ0n) is 16.6. The van der Waals surface area contributed by atoms with Gasteiger partial charge < -0.3 is 14.6 Å². The molecule has 3 rings (SSSR count). The second-order valence-corrected chi connectivity index (χ2v) is 8.36. The average molecular weight is 444 g/mol. The number of carbonyl (C=O) groups excluding carboxylic acids is 1. The lowest BCUT2D eigenvalue weighted by Crippen LogP contribution is -2.33. The largest absolute Gasteiger partial charge is 0.493 e. The normalized spacial score (nSPS) is 18.0. The van der Waals surface area contributed by atoms with Gasteiger partial charge in [-0.2, -0.15) is 0 Å². The van der Waals surface area contributed by atoms with Crippen LogP contribution in [0, 0.1) is 6.92 Å². The van der Waals surface area contributed by atoms with E-state index in [1.54, 1.807) is 19.3 Å². The van der Waals surface area contributed by atoms with Crippen LogP contribution in [0.4, 0.5) is 0 Å². The molecule has 0 spiro atoms. The Morgan fingerprint density at radius 3 is 2.67 bits per heavy atom. The van der Waals surface area contributed by atoms with E-state index >= 15 is 0 Å². The third-order valence-electron chi connectivity index (χ3n) is 4.43. The Hall–Kier alpha value is -2.84. The number of amides is 1. The average Bonchev–Trinajstić information content (AvgIpc) is 2.87. The van der Waals surface area contributed by atoms with Gasteiger partial charge in [0.1, 0.15) is 17.5 Å². The number of carboxylic acids is 1. The molecule has 0 atom stereocenters. The van der Waals surface area contributed by atoms with E-state index in [-0.39, 0.29) is 4.32 Å². The molecule has 1 fully saturated rings. The summed E-state index contributed by atoms with van der Waals surface area (Å²) in [4.78, 5) is 24.9. The van der Waals surface area contributed by atoms with Gasteiger partial charge in [0, 0.05) is 0 Å². The van der Waals surface area contributed by atoms with Crippen LogP contribution in [0.2, 0.25) is 0 Å². The van der Waals surface area contributed by atoms with Crippen molar-refractivity contribution < 1.29 is 24.2 Å². The predicted molar refractivity (Wildman–Crippen MR) is 119 cm³/mol. The van der Waals surface area contributed by atoms with Crippen LogP contribution < -0.4 is 0 Å². The van der Waals surface area contributed by atoms with Gasteiger partial charge >= 0.3 is 5.97 Å². The summed E-state index contributed by atoms with van der Waals surface area (Å²) in [6.45, 7) is 2.00. The molecule has 1 N–H and O–H groups in total. The van der Waals surface area contributed by atoms with Crippen LogP contribution in [0.15, 0.2) is 70.6 Å². The molecule has 1 heterocycles. The summed E-state index contributed by atoms with van der Waals surface area (Å²) in [7, 11) is 1.58. The van der Waals surface area contributed by atoms with Crippen molar-refractivity contribution in [1.82, 2.24) is 4.90 Å². The number of benzene rings is 1. The first kappa shape index (κ1) is 21.9. The standard InChI is InChI=1S/C22H21NO5S2/c1-14-3-5-16(6-4-14)13-28-18-10-8-15(7-9-17(18)27-2)11-19-21(26)23(12-20(24)25)22(29)30-19/h3-6,8-11H,7,12-13H2,1-2H3,(H,24,25)/b19-11-. The van der Waals surface area contributed by atoms with Crippen molar-refractivity contribution in [3.8, 4) is 0 Å². The number of carboxylic acid groups (broad SMARTS) is 1. The zero-order chi connectivity index (χ0) is 21.7. The monoisotopic (exact) mass is 443 g/mol. The van der Waals surface area contributed by atoms with Gasteiger partial charge in [-0.05, 0) is 42.7 Å². The van der Waals surface area contributed by atoms with Crippen molar-refractivity contribution in [3.63, 3.8) is 0 Å². The van der Waals surface area contributed by atoms with E-state index in [9.17, 15) is 9.59 Å². The van der Waals surface area contributed by atoms with Gasteiger partial charge in [-0.25, -0.2) is 0 Å². The molecular formula is C22H21NO5S2. The molecule has 0 aromatic heterocycles. The topological polar surface area (TPSA) is 76.1 Å². The molecule has 0 saturated carbocycles. The van der Waals surface area contributed by atoms with Crippen LogP contribution in [0.25, 0.3) is 0 Å². The molecule has 30 heavy (non-hydrogen) atoms. The van der Waals surface area contributed by atoms with Crippen LogP contribution in [-0.2, 0) is 25.7 Å². The molecule has 0 bridgehead atoms. The van der Waals surface area contributed by atoms with Crippen LogP contribution in [-0.4, -0.2) is 39.9 Å². The minimum atomic E-state index is -1.10. The van der Waals surface area contributed by atoms with Crippen molar-refractivity contribution in [2.75, 3.05) is 13.7 Å². The Labute approximate surface area is 184 Å². The number of aliphatic carboxylic acids is 1. The Bertz CT molecular complexity index is 989. The summed E-state index contributed by atoms with van der Waals surface area (Å²) in [5.74, 6) is -0.291. The van der Waals surface area contributed by atoms with Crippen molar-refractivity contribution in [3.05, 3.63) is 81.7 Å². The molecular weight excluding hydrogens is 422 g/mol. The third-order valence-corrected chi connectivity index (χ3v) is 5.81. The first-order chi connectivity index (χ1) is 14.4. The van der Waals surface area contributed by atoms with Crippen molar-refractivity contribution in [1.29, 1.82) is 0 Å². The van der Waals surface area contributed by atoms with Gasteiger partial charge in [-0.15, -0.1) is 0 Å². The summed E-state index contributed by atoms with van der Waals surface area (Å²) < 4.78 is 11.6. The predicted octanol–water partition coefficient (Wildman–Crippen LogP) is 4.08. The van der Waals surface area contributed by atoms with E-state index in [0.717, 1.165) is 27.8 Å². The maximum Gasteiger partial charge on any atom is 0.323 e.